The Morgan fingerprint density at radius 3 is 2.37 bits per heavy atom. The molecule has 0 radical (unpaired) electrons. The Morgan fingerprint density at radius 1 is 1.06 bits per heavy atom. The number of hydrogen-bond donors (Lipinski definition) is 1. The van der Waals surface area contributed by atoms with E-state index in [9.17, 15) is 23.1 Å². The molecule has 2 aromatic carbocycles. The lowest BCUT2D eigenvalue weighted by Crippen LogP contribution is -2.43. The quantitative estimate of drug-likeness (QED) is 0.201. The third-order valence-corrected chi connectivity index (χ3v) is 12.3. The number of carboxylic acid groups (broad SMARTS) is 1. The Labute approximate surface area is 298 Å². The summed E-state index contributed by atoms with van der Waals surface area (Å²) in [5.74, 6) is -0.284. The summed E-state index contributed by atoms with van der Waals surface area (Å²) in [5, 5.41) is 17.9. The Bertz CT molecular complexity index is 2370. The first-order valence-electron chi connectivity index (χ1n) is 17.1. The van der Waals surface area contributed by atoms with Gasteiger partial charge in [0.2, 0.25) is 0 Å². The average molecular weight is 737 g/mol. The third-order valence-electron chi connectivity index (χ3n) is 10.5. The van der Waals surface area contributed by atoms with Gasteiger partial charge in [0.15, 0.2) is 0 Å². The van der Waals surface area contributed by atoms with Crippen LogP contribution >= 0.6 is 0 Å². The molecular formula is C37H39F3N6O5S. The first-order chi connectivity index (χ1) is 24.5. The van der Waals surface area contributed by atoms with Crippen molar-refractivity contribution in [2.45, 2.75) is 69.5 Å². The first kappa shape index (κ1) is 35.6. The van der Waals surface area contributed by atoms with E-state index in [-0.39, 0.29) is 34.3 Å². The van der Waals surface area contributed by atoms with Crippen LogP contribution in [0.1, 0.15) is 78.1 Å². The van der Waals surface area contributed by atoms with Crippen molar-refractivity contribution in [2.75, 3.05) is 13.1 Å². The second kappa shape index (κ2) is 12.7. The number of halogens is 3. The number of aryl methyl sites for hydroxylation is 2. The van der Waals surface area contributed by atoms with Crippen LogP contribution in [-0.2, 0) is 35.2 Å². The zero-order valence-electron chi connectivity index (χ0n) is 29.2. The molecule has 274 valence electrons. The number of aromatic nitrogens is 5. The number of carboxylic acids is 1. The predicted molar refractivity (Wildman–Crippen MR) is 187 cm³/mol. The average Bonchev–Trinajstić information content (AvgIpc) is 3.67. The Kier molecular flexibility index (Phi) is 8.72. The number of hydrogen-bond acceptors (Lipinski definition) is 7. The van der Waals surface area contributed by atoms with Crippen LogP contribution in [-0.4, -0.2) is 60.8 Å². The second-order valence-electron chi connectivity index (χ2n) is 14.6. The van der Waals surface area contributed by atoms with E-state index in [1.807, 2.05) is 11.8 Å². The van der Waals surface area contributed by atoms with Crippen LogP contribution in [0, 0.1) is 18.8 Å². The van der Waals surface area contributed by atoms with Gasteiger partial charge in [-0.3, -0.25) is 14.3 Å². The highest BCUT2D eigenvalue weighted by atomic mass is 32.2. The van der Waals surface area contributed by atoms with Gasteiger partial charge in [0.1, 0.15) is 17.7 Å². The molecule has 52 heavy (non-hydrogen) atoms. The van der Waals surface area contributed by atoms with Crippen molar-refractivity contribution in [3.63, 3.8) is 0 Å². The smallest absolute Gasteiger partial charge is 0.418 e. The van der Waals surface area contributed by atoms with E-state index >= 15 is 13.2 Å². The molecule has 0 bridgehead atoms. The van der Waals surface area contributed by atoms with E-state index in [0.717, 1.165) is 39.1 Å². The molecule has 11 nitrogen and oxygen atoms in total. The molecule has 0 amide bonds. The maximum atomic E-state index is 15.1. The zero-order valence-corrected chi connectivity index (χ0v) is 30.0. The SMILES string of the molecule is Cc1ccc(S(=O)(=O)n2c(CN3CCC[C@H](C)C3)cc3c(C(F)(F)F)cn(-c4cc(C(=O)O)cc(C5(c6nncn6C)CC(C)C5)c4)c(=O)c32)cc1. The van der Waals surface area contributed by atoms with Gasteiger partial charge in [-0.25, -0.2) is 17.2 Å². The number of alkyl halides is 3. The summed E-state index contributed by atoms with van der Waals surface area (Å²) in [6, 6.07) is 11.1. The van der Waals surface area contributed by atoms with Crippen LogP contribution in [0.5, 0.6) is 0 Å². The number of rotatable bonds is 8. The second-order valence-corrected chi connectivity index (χ2v) is 16.4. The number of pyridine rings is 1. The monoisotopic (exact) mass is 736 g/mol. The van der Waals surface area contributed by atoms with Gasteiger partial charge < -0.3 is 9.67 Å². The molecule has 5 aromatic rings. The standard InChI is InChI=1S/C37H39F3N6O5S/c1-22-7-9-29(10-8-22)52(50,51)46-28(19-44-11-5-6-23(2)18-44)15-30-31(37(38,39)40)20-45(33(47)32(30)46)27-13-25(34(48)49)12-26(14-27)36(16-24(3)17-36)35-42-41-21-43(35)4/h7-10,12-15,20-21,23-24H,5-6,11,16-19H2,1-4H3,(H,48,49)/t23-,24?,36?/m0/s1. The van der Waals surface area contributed by atoms with Gasteiger partial charge in [-0.1, -0.05) is 31.5 Å². The molecular weight excluding hydrogens is 698 g/mol. The highest BCUT2D eigenvalue weighted by Crippen LogP contribution is 2.52. The van der Waals surface area contributed by atoms with Crippen LogP contribution in [0.15, 0.2) is 70.7 Å². The van der Waals surface area contributed by atoms with Crippen molar-refractivity contribution in [1.82, 2.24) is 28.2 Å². The Balaban J connectivity index is 1.53. The van der Waals surface area contributed by atoms with Crippen LogP contribution < -0.4 is 5.56 Å². The minimum absolute atomic E-state index is 0.00208. The normalized spacial score (nSPS) is 21.4. The summed E-state index contributed by atoms with van der Waals surface area (Å²) in [4.78, 5) is 29.0. The minimum Gasteiger partial charge on any atom is -0.478 e. The van der Waals surface area contributed by atoms with Gasteiger partial charge in [0, 0.05) is 43.1 Å². The number of benzene rings is 2. The van der Waals surface area contributed by atoms with E-state index in [1.165, 1.54) is 30.6 Å². The van der Waals surface area contributed by atoms with Crippen molar-refractivity contribution in [1.29, 1.82) is 0 Å². The maximum Gasteiger partial charge on any atom is 0.418 e. The van der Waals surface area contributed by atoms with Crippen molar-refractivity contribution < 1.29 is 31.5 Å². The van der Waals surface area contributed by atoms with Crippen molar-refractivity contribution >= 4 is 26.9 Å². The number of carbonyl (C=O) groups is 1. The van der Waals surface area contributed by atoms with Gasteiger partial charge in [0.05, 0.1) is 21.4 Å². The van der Waals surface area contributed by atoms with Crippen molar-refractivity contribution in [3.05, 3.63) is 105 Å². The molecule has 0 unspecified atom stereocenters. The summed E-state index contributed by atoms with van der Waals surface area (Å²) in [5.41, 5.74) is -2.92. The van der Waals surface area contributed by atoms with E-state index in [2.05, 4.69) is 17.1 Å². The molecule has 1 atom stereocenters. The summed E-state index contributed by atoms with van der Waals surface area (Å²) in [6.45, 7) is 7.08. The highest BCUT2D eigenvalue weighted by Gasteiger charge is 2.48. The molecule has 15 heteroatoms. The number of nitrogens with zero attached hydrogens (tertiary/aromatic N) is 6. The lowest BCUT2D eigenvalue weighted by atomic mass is 9.58. The van der Waals surface area contributed by atoms with Gasteiger partial charge in [-0.2, -0.15) is 13.2 Å². The minimum atomic E-state index is -5.01. The van der Waals surface area contributed by atoms with Crippen molar-refractivity contribution in [3.8, 4) is 5.69 Å². The van der Waals surface area contributed by atoms with Crippen molar-refractivity contribution in [2.24, 2.45) is 18.9 Å². The van der Waals surface area contributed by atoms with Crippen LogP contribution in [0.2, 0.25) is 0 Å². The number of likely N-dealkylation sites (tertiary alicyclic amines) is 1. The van der Waals surface area contributed by atoms with Gasteiger partial charge in [-0.15, -0.1) is 10.2 Å². The fourth-order valence-electron chi connectivity index (χ4n) is 8.15. The molecule has 1 aliphatic heterocycles. The summed E-state index contributed by atoms with van der Waals surface area (Å²) < 4.78 is 77.4. The summed E-state index contributed by atoms with van der Waals surface area (Å²) in [6.07, 6.45) is 0.0623. The fraction of sp³-hybridized carbons (Fsp3) is 0.405. The van der Waals surface area contributed by atoms with E-state index < -0.39 is 49.6 Å². The highest BCUT2D eigenvalue weighted by molar-refractivity contribution is 7.90. The lowest BCUT2D eigenvalue weighted by molar-refractivity contribution is -0.136. The fourth-order valence-corrected chi connectivity index (χ4v) is 9.67. The molecule has 1 saturated heterocycles. The molecule has 4 heterocycles. The number of piperidine rings is 1. The molecule has 7 rings (SSSR count). The summed E-state index contributed by atoms with van der Waals surface area (Å²) in [7, 11) is -2.86. The van der Waals surface area contributed by atoms with Gasteiger partial charge in [-0.05, 0) is 92.9 Å². The van der Waals surface area contributed by atoms with Gasteiger partial charge >= 0.3 is 12.1 Å². The van der Waals surface area contributed by atoms with Crippen LogP contribution in [0.25, 0.3) is 16.6 Å². The topological polar surface area (TPSA) is 132 Å². The van der Waals surface area contributed by atoms with Gasteiger partial charge in [0.25, 0.3) is 15.6 Å². The third kappa shape index (κ3) is 6.02. The molecule has 2 fully saturated rings. The molecule has 0 spiro atoms. The lowest BCUT2D eigenvalue weighted by Gasteiger charge is -2.46. The Hall–Kier alpha value is -4.76. The first-order valence-corrected chi connectivity index (χ1v) is 18.6. The zero-order chi connectivity index (χ0) is 37.3. The van der Waals surface area contributed by atoms with E-state index in [1.54, 1.807) is 30.7 Å². The Morgan fingerprint density at radius 2 is 1.77 bits per heavy atom. The molecule has 1 saturated carbocycles. The molecule has 1 aliphatic carbocycles. The van der Waals surface area contributed by atoms with E-state index in [0.29, 0.717) is 49.4 Å². The maximum absolute atomic E-state index is 15.1. The number of aromatic carboxylic acids is 1. The van der Waals surface area contributed by atoms with E-state index in [4.69, 9.17) is 0 Å². The predicted octanol–water partition coefficient (Wildman–Crippen LogP) is 6.13. The molecule has 3 aromatic heterocycles. The van der Waals surface area contributed by atoms with Crippen LogP contribution in [0.4, 0.5) is 13.2 Å². The molecule has 2 aliphatic rings. The van der Waals surface area contributed by atoms with Crippen LogP contribution in [0.3, 0.4) is 0 Å². The molecule has 1 N–H and O–H groups in total. The number of fused-ring (bicyclic) bond motifs is 1. The largest absolute Gasteiger partial charge is 0.478 e. The summed E-state index contributed by atoms with van der Waals surface area (Å²) >= 11 is 0.